The van der Waals surface area contributed by atoms with Gasteiger partial charge >= 0.3 is 6.09 Å². The maximum Gasteiger partial charge on any atom is 0.408 e. The van der Waals surface area contributed by atoms with Crippen LogP contribution in [0.1, 0.15) is 69.3 Å². The number of carbonyl (C=O) groups is 3. The molecule has 3 amide bonds. The highest BCUT2D eigenvalue weighted by Crippen LogP contribution is 2.41. The van der Waals surface area contributed by atoms with Gasteiger partial charge in [0, 0.05) is 17.3 Å². The number of aryl methyl sites for hydroxylation is 2. The molecule has 0 radical (unpaired) electrons. The Bertz CT molecular complexity index is 1200. The summed E-state index contributed by atoms with van der Waals surface area (Å²) in [6.45, 7) is 12.7. The molecule has 0 heterocycles. The van der Waals surface area contributed by atoms with Crippen molar-refractivity contribution in [2.75, 3.05) is 5.32 Å². The van der Waals surface area contributed by atoms with Crippen LogP contribution in [-0.2, 0) is 14.3 Å². The third kappa shape index (κ3) is 6.71. The van der Waals surface area contributed by atoms with Crippen LogP contribution in [-0.4, -0.2) is 40.5 Å². The van der Waals surface area contributed by atoms with Crippen molar-refractivity contribution in [2.45, 2.75) is 78.6 Å². The molecular formula is C30H37N3O4. The van der Waals surface area contributed by atoms with Crippen LogP contribution in [0.25, 0.3) is 0 Å². The van der Waals surface area contributed by atoms with E-state index >= 15 is 0 Å². The summed E-state index contributed by atoms with van der Waals surface area (Å²) < 4.78 is 5.34. The number of rotatable bonds is 7. The van der Waals surface area contributed by atoms with E-state index in [0.717, 1.165) is 17.5 Å². The predicted octanol–water partition coefficient (Wildman–Crippen LogP) is 5.11. The van der Waals surface area contributed by atoms with Crippen molar-refractivity contribution < 1.29 is 19.1 Å². The van der Waals surface area contributed by atoms with Crippen LogP contribution in [0.2, 0.25) is 0 Å². The first-order chi connectivity index (χ1) is 17.3. The monoisotopic (exact) mass is 503 g/mol. The summed E-state index contributed by atoms with van der Waals surface area (Å²) in [6.07, 6.45) is 5.86. The quantitative estimate of drug-likeness (QED) is 0.514. The van der Waals surface area contributed by atoms with Crippen LogP contribution in [0.15, 0.2) is 42.5 Å². The minimum Gasteiger partial charge on any atom is -0.444 e. The zero-order valence-electron chi connectivity index (χ0n) is 22.7. The Morgan fingerprint density at radius 3 is 2.22 bits per heavy atom. The van der Waals surface area contributed by atoms with Gasteiger partial charge in [0.2, 0.25) is 5.91 Å². The molecule has 0 spiro atoms. The third-order valence-electron chi connectivity index (χ3n) is 6.45. The molecule has 1 saturated carbocycles. The van der Waals surface area contributed by atoms with E-state index in [1.54, 1.807) is 56.9 Å². The fourth-order valence-electron chi connectivity index (χ4n) is 4.43. The summed E-state index contributed by atoms with van der Waals surface area (Å²) in [5.74, 6) is 2.12. The van der Waals surface area contributed by atoms with Gasteiger partial charge in [-0.15, -0.1) is 6.42 Å². The SMILES string of the molecule is C#Cc1ccccc1C(C(=O)Nc1c(C)cccc1C)N(C(=O)C(C)NC(=O)OC(C)(C)C)C1CC1C. The Kier molecular flexibility index (Phi) is 8.32. The molecule has 7 heteroatoms. The van der Waals surface area contributed by atoms with E-state index in [0.29, 0.717) is 16.8 Å². The summed E-state index contributed by atoms with van der Waals surface area (Å²) >= 11 is 0. The number of terminal acetylenes is 1. The Morgan fingerprint density at radius 1 is 1.08 bits per heavy atom. The van der Waals surface area contributed by atoms with Crippen LogP contribution in [0.3, 0.4) is 0 Å². The molecule has 37 heavy (non-hydrogen) atoms. The number of nitrogens with one attached hydrogen (secondary N) is 2. The van der Waals surface area contributed by atoms with Crippen LogP contribution >= 0.6 is 0 Å². The molecule has 0 aliphatic heterocycles. The lowest BCUT2D eigenvalue weighted by Crippen LogP contribution is -2.52. The smallest absolute Gasteiger partial charge is 0.408 e. The van der Waals surface area contributed by atoms with Crippen molar-refractivity contribution >= 4 is 23.6 Å². The lowest BCUT2D eigenvalue weighted by atomic mass is 9.97. The van der Waals surface area contributed by atoms with E-state index in [9.17, 15) is 14.4 Å². The summed E-state index contributed by atoms with van der Waals surface area (Å²) in [5, 5.41) is 5.69. The summed E-state index contributed by atoms with van der Waals surface area (Å²) in [6, 6.07) is 10.8. The number of benzene rings is 2. The Labute approximate surface area is 220 Å². The molecule has 4 atom stereocenters. The van der Waals surface area contributed by atoms with E-state index in [4.69, 9.17) is 11.2 Å². The highest BCUT2D eigenvalue weighted by atomic mass is 16.6. The normalized spacial score (nSPS) is 18.1. The minimum absolute atomic E-state index is 0.171. The van der Waals surface area contributed by atoms with E-state index in [1.165, 1.54) is 0 Å². The standard InChI is InChI=1S/C30H37N3O4/c1-9-22-15-10-11-16-23(22)26(27(34)32-25-18(2)13-12-14-19(25)3)33(24-17-20(24)4)28(35)21(5)31-29(36)37-30(6,7)8/h1,10-16,20-21,24,26H,17H2,2-8H3,(H,31,36)(H,32,34). The number of anilines is 1. The van der Waals surface area contributed by atoms with Crippen molar-refractivity contribution in [3.05, 3.63) is 64.7 Å². The molecule has 3 rings (SSSR count). The average molecular weight is 504 g/mol. The fourth-order valence-corrected chi connectivity index (χ4v) is 4.43. The van der Waals surface area contributed by atoms with Gasteiger partial charge in [0.15, 0.2) is 0 Å². The molecule has 1 fully saturated rings. The second-order valence-electron chi connectivity index (χ2n) is 10.8. The van der Waals surface area contributed by atoms with Gasteiger partial charge in [-0.2, -0.15) is 0 Å². The predicted molar refractivity (Wildman–Crippen MR) is 145 cm³/mol. The van der Waals surface area contributed by atoms with Gasteiger partial charge < -0.3 is 20.3 Å². The summed E-state index contributed by atoms with van der Waals surface area (Å²) in [4.78, 5) is 41.9. The number of nitrogens with zero attached hydrogens (tertiary/aromatic N) is 1. The van der Waals surface area contributed by atoms with Crippen molar-refractivity contribution in [3.8, 4) is 12.3 Å². The molecular weight excluding hydrogens is 466 g/mol. The van der Waals surface area contributed by atoms with Crippen LogP contribution in [0.5, 0.6) is 0 Å². The summed E-state index contributed by atoms with van der Waals surface area (Å²) in [5.41, 5.74) is 2.90. The van der Waals surface area contributed by atoms with Gasteiger partial charge in [-0.05, 0) is 76.6 Å². The molecule has 2 aromatic carbocycles. The second-order valence-corrected chi connectivity index (χ2v) is 10.8. The maximum absolute atomic E-state index is 14.0. The first-order valence-corrected chi connectivity index (χ1v) is 12.6. The second kappa shape index (κ2) is 11.1. The zero-order chi connectivity index (χ0) is 27.5. The Morgan fingerprint density at radius 2 is 1.68 bits per heavy atom. The van der Waals surface area contributed by atoms with Gasteiger partial charge in [0.1, 0.15) is 17.7 Å². The van der Waals surface area contributed by atoms with Crippen molar-refractivity contribution in [1.29, 1.82) is 0 Å². The molecule has 2 aromatic rings. The number of ether oxygens (including phenoxy) is 1. The van der Waals surface area contributed by atoms with Crippen molar-refractivity contribution in [2.24, 2.45) is 5.92 Å². The van der Waals surface area contributed by atoms with Crippen molar-refractivity contribution in [3.63, 3.8) is 0 Å². The Hall–Kier alpha value is -3.79. The van der Waals surface area contributed by atoms with Gasteiger partial charge in [-0.1, -0.05) is 49.2 Å². The first-order valence-electron chi connectivity index (χ1n) is 12.6. The molecule has 4 unspecified atom stereocenters. The fraction of sp³-hybridized carbons (Fsp3) is 0.433. The molecule has 196 valence electrons. The molecule has 0 bridgehead atoms. The molecule has 7 nitrogen and oxygen atoms in total. The molecule has 1 aliphatic rings. The van der Waals surface area contributed by atoms with E-state index < -0.39 is 23.8 Å². The summed E-state index contributed by atoms with van der Waals surface area (Å²) in [7, 11) is 0. The number of hydrogen-bond acceptors (Lipinski definition) is 4. The number of hydrogen-bond donors (Lipinski definition) is 2. The molecule has 1 aliphatic carbocycles. The zero-order valence-corrected chi connectivity index (χ0v) is 22.7. The first kappa shape index (κ1) is 27.8. The van der Waals surface area contributed by atoms with Gasteiger partial charge in [-0.25, -0.2) is 4.79 Å². The van der Waals surface area contributed by atoms with E-state index in [-0.39, 0.29) is 23.8 Å². The number of amides is 3. The van der Waals surface area contributed by atoms with Crippen LogP contribution in [0, 0.1) is 32.1 Å². The number of carbonyl (C=O) groups excluding carboxylic acids is 3. The number of para-hydroxylation sites is 1. The van der Waals surface area contributed by atoms with Crippen molar-refractivity contribution in [1.82, 2.24) is 10.2 Å². The lowest BCUT2D eigenvalue weighted by molar-refractivity contribution is -0.141. The molecule has 0 saturated heterocycles. The third-order valence-corrected chi connectivity index (χ3v) is 6.45. The van der Waals surface area contributed by atoms with Gasteiger partial charge in [0.25, 0.3) is 5.91 Å². The minimum atomic E-state index is -0.989. The van der Waals surface area contributed by atoms with Crippen LogP contribution < -0.4 is 10.6 Å². The topological polar surface area (TPSA) is 87.7 Å². The van der Waals surface area contributed by atoms with E-state index in [2.05, 4.69) is 16.6 Å². The van der Waals surface area contributed by atoms with E-state index in [1.807, 2.05) is 39.0 Å². The lowest BCUT2D eigenvalue weighted by Gasteiger charge is -2.35. The Balaban J connectivity index is 2.03. The maximum atomic E-state index is 14.0. The van der Waals surface area contributed by atoms with Gasteiger partial charge in [-0.3, -0.25) is 9.59 Å². The average Bonchev–Trinajstić information content (AvgIpc) is 3.53. The highest BCUT2D eigenvalue weighted by molar-refractivity contribution is 6.00. The van der Waals surface area contributed by atoms with Gasteiger partial charge in [0.05, 0.1) is 0 Å². The molecule has 0 aromatic heterocycles. The highest BCUT2D eigenvalue weighted by Gasteiger charge is 2.48. The number of alkyl carbamates (subject to hydrolysis) is 1. The molecule has 2 N–H and O–H groups in total. The van der Waals surface area contributed by atoms with Crippen LogP contribution in [0.4, 0.5) is 10.5 Å². The largest absolute Gasteiger partial charge is 0.444 e.